The van der Waals surface area contributed by atoms with Crippen LogP contribution in [0.25, 0.3) is 11.1 Å². The lowest BCUT2D eigenvalue weighted by molar-refractivity contribution is 0.0881. The normalized spacial score (nSPS) is 13.1. The minimum absolute atomic E-state index is 0.0249. The van der Waals surface area contributed by atoms with E-state index in [1.165, 1.54) is 0 Å². The summed E-state index contributed by atoms with van der Waals surface area (Å²) in [6, 6.07) is 9.23. The molecule has 2 N–H and O–H groups in total. The Hall–Kier alpha value is -2.49. The summed E-state index contributed by atoms with van der Waals surface area (Å²) in [6.07, 6.45) is 3.74. The summed E-state index contributed by atoms with van der Waals surface area (Å²) in [7, 11) is 0. The molecule has 1 heterocycles. The minimum Gasteiger partial charge on any atom is -0.507 e. The van der Waals surface area contributed by atoms with Crippen molar-refractivity contribution in [3.05, 3.63) is 47.0 Å². The molecule has 0 saturated carbocycles. The Morgan fingerprint density at radius 2 is 1.92 bits per heavy atom. The van der Waals surface area contributed by atoms with Crippen molar-refractivity contribution in [1.82, 2.24) is 4.90 Å². The first-order valence-electron chi connectivity index (χ1n) is 8.97. The fourth-order valence-electron chi connectivity index (χ4n) is 3.21. The lowest BCUT2D eigenvalue weighted by Crippen LogP contribution is -2.14. The number of benzene rings is 2. The lowest BCUT2D eigenvalue weighted by atomic mass is 9.92. The van der Waals surface area contributed by atoms with E-state index in [0.29, 0.717) is 17.5 Å². The number of phenolic OH excluding ortho intramolecular Hbond substituents is 2. The molecule has 1 aliphatic rings. The summed E-state index contributed by atoms with van der Waals surface area (Å²) in [4.78, 5) is 14.4. The molecule has 0 unspecified atom stereocenters. The van der Waals surface area contributed by atoms with Crippen LogP contribution in [0.3, 0.4) is 0 Å². The van der Waals surface area contributed by atoms with Gasteiger partial charge in [0, 0.05) is 13.1 Å². The highest BCUT2D eigenvalue weighted by Crippen LogP contribution is 2.43. The number of amides is 1. The second kappa shape index (κ2) is 7.18. The Labute approximate surface area is 148 Å². The Balaban J connectivity index is 2.10. The van der Waals surface area contributed by atoms with Gasteiger partial charge in [0.1, 0.15) is 11.5 Å². The van der Waals surface area contributed by atoms with Crippen LogP contribution < -0.4 is 0 Å². The standard InChI is InChI=1S/C21H25NO3/c1-3-4-5-8-16-13-17(23)18(15-9-6-7-14(2)12-15)20(24)19(16)21(25)22-10-11-22/h6-7,9,12-13,23-24H,3-5,8,10-11H2,1-2H3. The number of aromatic hydroxyl groups is 2. The molecule has 1 amide bonds. The summed E-state index contributed by atoms with van der Waals surface area (Å²) in [5.41, 5.74) is 3.17. The first-order valence-corrected chi connectivity index (χ1v) is 8.97. The van der Waals surface area contributed by atoms with Crippen molar-refractivity contribution in [2.24, 2.45) is 0 Å². The zero-order valence-electron chi connectivity index (χ0n) is 14.9. The molecule has 1 fully saturated rings. The average Bonchev–Trinajstić information content (AvgIpc) is 3.39. The van der Waals surface area contributed by atoms with E-state index < -0.39 is 0 Å². The topological polar surface area (TPSA) is 60.5 Å². The van der Waals surface area contributed by atoms with Gasteiger partial charge in [-0.05, 0) is 37.0 Å². The summed E-state index contributed by atoms with van der Waals surface area (Å²) in [6.45, 7) is 5.54. The third-order valence-corrected chi connectivity index (χ3v) is 4.67. The van der Waals surface area contributed by atoms with E-state index in [1.807, 2.05) is 31.2 Å². The summed E-state index contributed by atoms with van der Waals surface area (Å²) < 4.78 is 0. The van der Waals surface area contributed by atoms with Crippen molar-refractivity contribution in [2.75, 3.05) is 13.1 Å². The molecule has 3 rings (SSSR count). The third kappa shape index (κ3) is 3.63. The molecular weight excluding hydrogens is 314 g/mol. The molecular formula is C21H25NO3. The average molecular weight is 339 g/mol. The summed E-state index contributed by atoms with van der Waals surface area (Å²) in [5.74, 6) is -0.219. The Morgan fingerprint density at radius 1 is 1.16 bits per heavy atom. The fourth-order valence-corrected chi connectivity index (χ4v) is 3.21. The highest BCUT2D eigenvalue weighted by molar-refractivity contribution is 6.02. The molecule has 0 atom stereocenters. The second-order valence-corrected chi connectivity index (χ2v) is 6.77. The molecule has 1 aliphatic heterocycles. The van der Waals surface area contributed by atoms with Gasteiger partial charge in [-0.15, -0.1) is 0 Å². The predicted octanol–water partition coefficient (Wildman–Crippen LogP) is 4.26. The molecule has 1 saturated heterocycles. The number of aryl methyl sites for hydroxylation is 2. The van der Waals surface area contributed by atoms with E-state index in [2.05, 4.69) is 6.92 Å². The van der Waals surface area contributed by atoms with E-state index in [-0.39, 0.29) is 17.4 Å². The maximum Gasteiger partial charge on any atom is 0.258 e. The number of hydrogen-bond donors (Lipinski definition) is 2. The van der Waals surface area contributed by atoms with Crippen LogP contribution in [0.4, 0.5) is 0 Å². The van der Waals surface area contributed by atoms with Crippen LogP contribution in [-0.2, 0) is 6.42 Å². The molecule has 0 aromatic heterocycles. The van der Waals surface area contributed by atoms with Gasteiger partial charge in [-0.25, -0.2) is 0 Å². The smallest absolute Gasteiger partial charge is 0.258 e. The summed E-state index contributed by atoms with van der Waals surface area (Å²) >= 11 is 0. The molecule has 132 valence electrons. The molecule has 0 radical (unpaired) electrons. The van der Waals surface area contributed by atoms with Crippen LogP contribution in [0.1, 0.15) is 47.7 Å². The number of carbonyl (C=O) groups excluding carboxylic acids is 1. The van der Waals surface area contributed by atoms with Crippen molar-refractivity contribution in [3.8, 4) is 22.6 Å². The molecule has 0 bridgehead atoms. The van der Waals surface area contributed by atoms with Crippen LogP contribution in [-0.4, -0.2) is 34.1 Å². The number of unbranched alkanes of at least 4 members (excludes halogenated alkanes) is 2. The predicted molar refractivity (Wildman–Crippen MR) is 99.1 cm³/mol. The van der Waals surface area contributed by atoms with Gasteiger partial charge in [-0.1, -0.05) is 49.6 Å². The second-order valence-electron chi connectivity index (χ2n) is 6.77. The van der Waals surface area contributed by atoms with Gasteiger partial charge < -0.3 is 15.1 Å². The zero-order valence-corrected chi connectivity index (χ0v) is 14.9. The quantitative estimate of drug-likeness (QED) is 0.610. The van der Waals surface area contributed by atoms with Crippen LogP contribution in [0.5, 0.6) is 11.5 Å². The van der Waals surface area contributed by atoms with E-state index in [4.69, 9.17) is 0 Å². The summed E-state index contributed by atoms with van der Waals surface area (Å²) in [5, 5.41) is 21.4. The van der Waals surface area contributed by atoms with E-state index in [9.17, 15) is 15.0 Å². The molecule has 2 aromatic rings. The highest BCUT2D eigenvalue weighted by Gasteiger charge is 2.31. The first-order chi connectivity index (χ1) is 12.0. The number of carbonyl (C=O) groups is 1. The molecule has 4 heteroatoms. The number of phenols is 2. The Morgan fingerprint density at radius 3 is 2.56 bits per heavy atom. The third-order valence-electron chi connectivity index (χ3n) is 4.67. The Kier molecular flexibility index (Phi) is 4.98. The molecule has 4 nitrogen and oxygen atoms in total. The van der Waals surface area contributed by atoms with Gasteiger partial charge in [0.05, 0.1) is 11.1 Å². The van der Waals surface area contributed by atoms with Crippen molar-refractivity contribution in [3.63, 3.8) is 0 Å². The van der Waals surface area contributed by atoms with Gasteiger partial charge in [0.15, 0.2) is 0 Å². The van der Waals surface area contributed by atoms with Crippen LogP contribution in [0.15, 0.2) is 30.3 Å². The lowest BCUT2D eigenvalue weighted by Gasteiger charge is -2.17. The first kappa shape index (κ1) is 17.3. The monoisotopic (exact) mass is 339 g/mol. The van der Waals surface area contributed by atoms with Gasteiger partial charge in [-0.3, -0.25) is 4.79 Å². The van der Waals surface area contributed by atoms with Crippen LogP contribution >= 0.6 is 0 Å². The minimum atomic E-state index is -0.141. The molecule has 0 aliphatic carbocycles. The maximum absolute atomic E-state index is 12.7. The molecule has 2 aromatic carbocycles. The van der Waals surface area contributed by atoms with E-state index in [1.54, 1.807) is 11.0 Å². The zero-order chi connectivity index (χ0) is 18.0. The van der Waals surface area contributed by atoms with Crippen molar-refractivity contribution < 1.29 is 15.0 Å². The van der Waals surface area contributed by atoms with E-state index in [0.717, 1.165) is 49.0 Å². The van der Waals surface area contributed by atoms with Gasteiger partial charge in [-0.2, -0.15) is 0 Å². The van der Waals surface area contributed by atoms with E-state index >= 15 is 0 Å². The van der Waals surface area contributed by atoms with Crippen LogP contribution in [0, 0.1) is 6.92 Å². The van der Waals surface area contributed by atoms with Crippen molar-refractivity contribution in [2.45, 2.75) is 39.5 Å². The molecule has 0 spiro atoms. The SMILES string of the molecule is CCCCCc1cc(O)c(-c2cccc(C)c2)c(O)c1C(=O)N1CC1. The van der Waals surface area contributed by atoms with Crippen LogP contribution in [0.2, 0.25) is 0 Å². The maximum atomic E-state index is 12.7. The van der Waals surface area contributed by atoms with Gasteiger partial charge in [0.2, 0.25) is 0 Å². The number of nitrogens with zero attached hydrogens (tertiary/aromatic N) is 1. The molecule has 25 heavy (non-hydrogen) atoms. The highest BCUT2D eigenvalue weighted by atomic mass is 16.3. The number of rotatable bonds is 6. The van der Waals surface area contributed by atoms with Gasteiger partial charge >= 0.3 is 0 Å². The van der Waals surface area contributed by atoms with Crippen molar-refractivity contribution >= 4 is 5.91 Å². The van der Waals surface area contributed by atoms with Crippen molar-refractivity contribution in [1.29, 1.82) is 0 Å². The fraction of sp³-hybridized carbons (Fsp3) is 0.381. The Bertz CT molecular complexity index is 794. The number of hydrogen-bond acceptors (Lipinski definition) is 3. The van der Waals surface area contributed by atoms with Gasteiger partial charge in [0.25, 0.3) is 5.91 Å². The largest absolute Gasteiger partial charge is 0.507 e.